The van der Waals surface area contributed by atoms with E-state index < -0.39 is 0 Å². The molecule has 0 saturated carbocycles. The van der Waals surface area contributed by atoms with E-state index in [2.05, 4.69) is 101 Å². The van der Waals surface area contributed by atoms with Crippen molar-refractivity contribution in [3.8, 4) is 11.3 Å². The number of aromatic nitrogens is 2. The van der Waals surface area contributed by atoms with Crippen LogP contribution in [0.25, 0.3) is 60.3 Å². The summed E-state index contributed by atoms with van der Waals surface area (Å²) in [6.07, 6.45) is 0. The van der Waals surface area contributed by atoms with Gasteiger partial charge in [0.15, 0.2) is 0 Å². The minimum Gasteiger partial charge on any atom is -0.306 e. The molecular weight excluding hydrogens is 352 g/mol. The number of para-hydroxylation sites is 3. The maximum absolute atomic E-state index is 5.15. The van der Waals surface area contributed by atoms with Gasteiger partial charge in [-0.25, -0.2) is 4.98 Å². The average molecular weight is 368 g/mol. The Balaban J connectivity index is 1.88. The summed E-state index contributed by atoms with van der Waals surface area (Å²) in [5.41, 5.74) is 6.95. The van der Waals surface area contributed by atoms with Crippen molar-refractivity contribution >= 4 is 49.0 Å². The van der Waals surface area contributed by atoms with Gasteiger partial charge in [-0.2, -0.15) is 0 Å². The molecule has 0 spiro atoms. The van der Waals surface area contributed by atoms with Crippen LogP contribution in [0.4, 0.5) is 0 Å². The van der Waals surface area contributed by atoms with E-state index >= 15 is 0 Å². The van der Waals surface area contributed by atoms with Gasteiger partial charge in [-0.05, 0) is 12.1 Å². The molecule has 3 heterocycles. The van der Waals surface area contributed by atoms with Crippen molar-refractivity contribution in [3.05, 3.63) is 97.1 Å². The summed E-state index contributed by atoms with van der Waals surface area (Å²) < 4.78 is 2.43. The van der Waals surface area contributed by atoms with Crippen LogP contribution in [0.1, 0.15) is 0 Å². The molecule has 29 heavy (non-hydrogen) atoms. The molecule has 0 fully saturated rings. The van der Waals surface area contributed by atoms with Crippen LogP contribution in [0.2, 0.25) is 0 Å². The first-order chi connectivity index (χ1) is 14.4. The third kappa shape index (κ3) is 1.83. The molecule has 0 amide bonds. The van der Waals surface area contributed by atoms with E-state index in [9.17, 15) is 0 Å². The highest BCUT2D eigenvalue weighted by Crippen LogP contribution is 2.43. The Kier molecular flexibility index (Phi) is 2.77. The Bertz CT molecular complexity index is 1690. The zero-order valence-electron chi connectivity index (χ0n) is 15.6. The van der Waals surface area contributed by atoms with Crippen molar-refractivity contribution in [1.29, 1.82) is 0 Å². The van der Waals surface area contributed by atoms with Crippen LogP contribution in [-0.4, -0.2) is 9.38 Å². The van der Waals surface area contributed by atoms with Gasteiger partial charge in [0, 0.05) is 32.5 Å². The van der Waals surface area contributed by atoms with E-state index in [1.807, 2.05) is 0 Å². The smallest absolute Gasteiger partial charge is 0.0956 e. The second-order valence-corrected chi connectivity index (χ2v) is 7.62. The van der Waals surface area contributed by atoms with Gasteiger partial charge in [0.1, 0.15) is 0 Å². The summed E-state index contributed by atoms with van der Waals surface area (Å²) in [6.45, 7) is 0. The minimum atomic E-state index is 1.04. The normalized spacial score (nSPS) is 12.1. The maximum atomic E-state index is 5.15. The largest absolute Gasteiger partial charge is 0.306 e. The summed E-state index contributed by atoms with van der Waals surface area (Å²) in [7, 11) is 0. The Hall–Kier alpha value is -3.91. The fourth-order valence-electron chi connectivity index (χ4n) is 4.94. The number of benzene rings is 4. The van der Waals surface area contributed by atoms with E-state index in [4.69, 9.17) is 4.98 Å². The Morgan fingerprint density at radius 2 is 1.21 bits per heavy atom. The number of rotatable bonds is 1. The van der Waals surface area contributed by atoms with E-state index in [-0.39, 0.29) is 0 Å². The molecule has 0 aliphatic heterocycles. The van der Waals surface area contributed by atoms with Crippen molar-refractivity contribution in [3.63, 3.8) is 0 Å². The van der Waals surface area contributed by atoms with Crippen LogP contribution >= 0.6 is 0 Å². The molecule has 0 atom stereocenters. The highest BCUT2D eigenvalue weighted by atomic mass is 14.9. The zero-order chi connectivity index (χ0) is 18.9. The van der Waals surface area contributed by atoms with Gasteiger partial charge < -0.3 is 4.40 Å². The minimum absolute atomic E-state index is 1.04. The molecule has 3 aromatic heterocycles. The number of nitrogens with zero attached hydrogens (tertiary/aromatic N) is 2. The van der Waals surface area contributed by atoms with Gasteiger partial charge >= 0.3 is 0 Å². The number of pyridine rings is 1. The highest BCUT2D eigenvalue weighted by molar-refractivity contribution is 6.30. The second-order valence-electron chi connectivity index (χ2n) is 7.62. The molecule has 7 rings (SSSR count). The van der Waals surface area contributed by atoms with Crippen molar-refractivity contribution in [1.82, 2.24) is 9.38 Å². The first-order valence-corrected chi connectivity index (χ1v) is 9.93. The van der Waals surface area contributed by atoms with Crippen LogP contribution < -0.4 is 0 Å². The molecule has 2 heteroatoms. The van der Waals surface area contributed by atoms with Crippen LogP contribution in [0.15, 0.2) is 97.1 Å². The molecule has 134 valence electrons. The first-order valence-electron chi connectivity index (χ1n) is 9.93. The van der Waals surface area contributed by atoms with Crippen LogP contribution in [-0.2, 0) is 0 Å². The van der Waals surface area contributed by atoms with Crippen molar-refractivity contribution in [2.45, 2.75) is 0 Å². The lowest BCUT2D eigenvalue weighted by atomic mass is 10.0. The summed E-state index contributed by atoms with van der Waals surface area (Å²) in [4.78, 5) is 5.15. The summed E-state index contributed by atoms with van der Waals surface area (Å²) >= 11 is 0. The second kappa shape index (κ2) is 5.33. The summed E-state index contributed by atoms with van der Waals surface area (Å²) in [5.74, 6) is 0. The molecule has 4 aromatic carbocycles. The van der Waals surface area contributed by atoms with E-state index in [0.29, 0.717) is 0 Å². The lowest BCUT2D eigenvalue weighted by Gasteiger charge is -2.09. The predicted molar refractivity (Wildman–Crippen MR) is 122 cm³/mol. The quantitative estimate of drug-likeness (QED) is 0.303. The summed E-state index contributed by atoms with van der Waals surface area (Å²) in [6, 6.07) is 34.4. The van der Waals surface area contributed by atoms with Gasteiger partial charge in [0.2, 0.25) is 0 Å². The Morgan fingerprint density at radius 1 is 0.517 bits per heavy atom. The first kappa shape index (κ1) is 15.1. The molecule has 2 nitrogen and oxygen atoms in total. The monoisotopic (exact) mass is 368 g/mol. The van der Waals surface area contributed by atoms with E-state index in [0.717, 1.165) is 16.8 Å². The predicted octanol–water partition coefficient (Wildman–Crippen LogP) is 7.05. The van der Waals surface area contributed by atoms with Gasteiger partial charge in [-0.1, -0.05) is 84.9 Å². The number of hydrogen-bond acceptors (Lipinski definition) is 1. The fraction of sp³-hybridized carbons (Fsp3) is 0. The molecule has 0 N–H and O–H groups in total. The van der Waals surface area contributed by atoms with Crippen molar-refractivity contribution < 1.29 is 0 Å². The van der Waals surface area contributed by atoms with Crippen LogP contribution in [0, 0.1) is 0 Å². The van der Waals surface area contributed by atoms with Crippen molar-refractivity contribution in [2.75, 3.05) is 0 Å². The van der Waals surface area contributed by atoms with Crippen LogP contribution in [0.3, 0.4) is 0 Å². The highest BCUT2D eigenvalue weighted by Gasteiger charge is 2.22. The van der Waals surface area contributed by atoms with Crippen molar-refractivity contribution in [2.24, 2.45) is 0 Å². The maximum Gasteiger partial charge on any atom is 0.0956 e. The third-order valence-corrected chi connectivity index (χ3v) is 6.10. The lowest BCUT2D eigenvalue weighted by Crippen LogP contribution is -1.91. The fourth-order valence-corrected chi connectivity index (χ4v) is 4.94. The molecule has 0 bridgehead atoms. The van der Waals surface area contributed by atoms with E-state index in [1.165, 1.54) is 43.5 Å². The molecular formula is C27H16N2. The van der Waals surface area contributed by atoms with Gasteiger partial charge in [0.25, 0.3) is 0 Å². The standard InChI is InChI=1S/C27H16N2/c1-2-9-17(10-3-1)25-27-24(20-12-4-6-15-22(20)28-25)21-14-8-13-19-18-11-5-7-16-23(18)29(27)26(19)21/h1-16H. The zero-order valence-corrected chi connectivity index (χ0v) is 15.6. The molecule has 7 aromatic rings. The SMILES string of the molecule is c1ccc(-c2nc3ccccc3c3c4cccc5c6ccccc6n(c23)c54)cc1. The Morgan fingerprint density at radius 3 is 2.10 bits per heavy atom. The molecule has 0 unspecified atom stereocenters. The van der Waals surface area contributed by atoms with Crippen LogP contribution in [0.5, 0.6) is 0 Å². The summed E-state index contributed by atoms with van der Waals surface area (Å²) in [5, 5.41) is 6.40. The Labute approximate surface area is 167 Å². The van der Waals surface area contributed by atoms with Gasteiger partial charge in [-0.15, -0.1) is 0 Å². The topological polar surface area (TPSA) is 17.3 Å². The average Bonchev–Trinajstić information content (AvgIpc) is 3.32. The molecule has 0 radical (unpaired) electrons. The van der Waals surface area contributed by atoms with Gasteiger partial charge in [0.05, 0.1) is 27.8 Å². The number of hydrogen-bond donors (Lipinski definition) is 0. The number of fused-ring (bicyclic) bond motifs is 8. The molecule has 0 saturated heterocycles. The molecule has 0 aliphatic rings. The molecule has 0 aliphatic carbocycles. The van der Waals surface area contributed by atoms with Gasteiger partial charge in [-0.3, -0.25) is 0 Å². The van der Waals surface area contributed by atoms with E-state index in [1.54, 1.807) is 0 Å². The lowest BCUT2D eigenvalue weighted by molar-refractivity contribution is 1.33. The third-order valence-electron chi connectivity index (χ3n) is 6.10.